The Morgan fingerprint density at radius 1 is 1.14 bits per heavy atom. The molecule has 0 aromatic carbocycles. The average molecular weight is 301 g/mol. The summed E-state index contributed by atoms with van der Waals surface area (Å²) in [5, 5.41) is 14.5. The van der Waals surface area contributed by atoms with Crippen molar-refractivity contribution in [2.45, 2.75) is 70.9 Å². The summed E-state index contributed by atoms with van der Waals surface area (Å²) in [5.41, 5.74) is 1.83. The predicted octanol–water partition coefficient (Wildman–Crippen LogP) is 3.23. The fourth-order valence-electron chi connectivity index (χ4n) is 5.93. The van der Waals surface area contributed by atoms with Crippen LogP contribution in [0.15, 0.2) is 6.07 Å². The minimum atomic E-state index is -0.399. The number of hydrogen-bond acceptors (Lipinski definition) is 4. The lowest BCUT2D eigenvalue weighted by Crippen LogP contribution is -2.60. The summed E-state index contributed by atoms with van der Waals surface area (Å²) >= 11 is 0. The first kappa shape index (κ1) is 14.4. The number of nitrogens with one attached hydrogen (secondary N) is 1. The molecule has 2 N–H and O–H groups in total. The first-order valence-corrected chi connectivity index (χ1v) is 8.67. The van der Waals surface area contributed by atoms with E-state index in [0.717, 1.165) is 48.4 Å². The van der Waals surface area contributed by atoms with E-state index in [1.807, 2.05) is 19.9 Å². The van der Waals surface area contributed by atoms with Crippen LogP contribution < -0.4 is 5.32 Å². The molecule has 4 bridgehead atoms. The lowest BCUT2D eigenvalue weighted by Gasteiger charge is -2.62. The molecule has 120 valence electrons. The van der Waals surface area contributed by atoms with Crippen molar-refractivity contribution < 1.29 is 5.11 Å². The zero-order chi connectivity index (χ0) is 15.5. The molecule has 0 spiro atoms. The van der Waals surface area contributed by atoms with E-state index in [-0.39, 0.29) is 5.41 Å². The van der Waals surface area contributed by atoms with Gasteiger partial charge in [0.15, 0.2) is 0 Å². The number of hydrogen-bond donors (Lipinski definition) is 2. The summed E-state index contributed by atoms with van der Waals surface area (Å²) < 4.78 is 0. The fourth-order valence-corrected chi connectivity index (χ4v) is 5.93. The van der Waals surface area contributed by atoms with Gasteiger partial charge in [-0.05, 0) is 82.6 Å². The zero-order valence-corrected chi connectivity index (χ0v) is 13.9. The molecular weight excluding hydrogens is 274 g/mol. The maximum Gasteiger partial charge on any atom is 0.223 e. The van der Waals surface area contributed by atoms with Gasteiger partial charge in [-0.3, -0.25) is 0 Å². The average Bonchev–Trinajstić information content (AvgIpc) is 2.34. The highest BCUT2D eigenvalue weighted by molar-refractivity contribution is 5.30. The number of nitrogens with zero attached hydrogens (tertiary/aromatic N) is 2. The van der Waals surface area contributed by atoms with Crippen molar-refractivity contribution in [3.8, 4) is 0 Å². The van der Waals surface area contributed by atoms with Crippen LogP contribution in [0.5, 0.6) is 0 Å². The predicted molar refractivity (Wildman–Crippen MR) is 86.7 cm³/mol. The molecule has 4 aliphatic rings. The second-order valence-electron chi connectivity index (χ2n) is 8.39. The Morgan fingerprint density at radius 3 is 2.27 bits per heavy atom. The second kappa shape index (κ2) is 4.67. The van der Waals surface area contributed by atoms with Crippen LogP contribution in [0.1, 0.15) is 56.8 Å². The van der Waals surface area contributed by atoms with E-state index in [1.165, 1.54) is 19.3 Å². The van der Waals surface area contributed by atoms with Crippen LogP contribution in [0.3, 0.4) is 0 Å². The monoisotopic (exact) mass is 301 g/mol. The van der Waals surface area contributed by atoms with Crippen molar-refractivity contribution in [2.75, 3.05) is 5.32 Å². The number of aryl methyl sites for hydroxylation is 2. The number of aromatic nitrogens is 2. The smallest absolute Gasteiger partial charge is 0.223 e. The van der Waals surface area contributed by atoms with Gasteiger partial charge in [0.05, 0.1) is 5.60 Å². The molecule has 22 heavy (non-hydrogen) atoms. The second-order valence-corrected chi connectivity index (χ2v) is 8.39. The van der Waals surface area contributed by atoms with Gasteiger partial charge >= 0.3 is 0 Å². The molecule has 4 nitrogen and oxygen atoms in total. The van der Waals surface area contributed by atoms with Gasteiger partial charge in [-0.15, -0.1) is 0 Å². The van der Waals surface area contributed by atoms with E-state index in [1.54, 1.807) is 0 Å². The molecule has 1 heterocycles. The molecule has 0 aliphatic heterocycles. The van der Waals surface area contributed by atoms with E-state index < -0.39 is 5.60 Å². The zero-order valence-electron chi connectivity index (χ0n) is 13.9. The van der Waals surface area contributed by atoms with Gasteiger partial charge in [0.25, 0.3) is 0 Å². The van der Waals surface area contributed by atoms with Gasteiger partial charge in [-0.2, -0.15) is 0 Å². The van der Waals surface area contributed by atoms with Gasteiger partial charge in [0, 0.05) is 17.4 Å². The minimum Gasteiger partial charge on any atom is -0.390 e. The summed E-state index contributed by atoms with van der Waals surface area (Å²) in [4.78, 5) is 9.07. The van der Waals surface area contributed by atoms with Crippen molar-refractivity contribution in [2.24, 2.45) is 17.3 Å². The topological polar surface area (TPSA) is 58.0 Å². The standard InChI is InChI=1S/C18H27N3O/c1-11-4-12(2)20-16(19-11)21-13(3)17-6-14-5-15(7-17)9-18(22,8-14)10-17/h4,13-15,22H,5-10H2,1-3H3,(H,19,20,21)/t13-,14-,15+,17?,18?/m1/s1. The van der Waals surface area contributed by atoms with E-state index in [9.17, 15) is 5.11 Å². The van der Waals surface area contributed by atoms with Gasteiger partial charge in [-0.1, -0.05) is 0 Å². The molecule has 5 rings (SSSR count). The molecule has 0 amide bonds. The Morgan fingerprint density at radius 2 is 1.73 bits per heavy atom. The first-order chi connectivity index (χ1) is 10.4. The molecule has 2 unspecified atom stereocenters. The number of aliphatic hydroxyl groups is 1. The number of rotatable bonds is 3. The van der Waals surface area contributed by atoms with E-state index >= 15 is 0 Å². The van der Waals surface area contributed by atoms with Crippen molar-refractivity contribution in [1.82, 2.24) is 9.97 Å². The van der Waals surface area contributed by atoms with Crippen molar-refractivity contribution in [1.29, 1.82) is 0 Å². The van der Waals surface area contributed by atoms with Gasteiger partial charge in [0.2, 0.25) is 5.95 Å². The Kier molecular flexibility index (Phi) is 3.06. The molecule has 1 aromatic rings. The molecular formula is C18H27N3O. The summed E-state index contributed by atoms with van der Waals surface area (Å²) in [6.07, 6.45) is 6.84. The Balaban J connectivity index is 1.58. The van der Waals surface area contributed by atoms with Crippen LogP contribution in [0.2, 0.25) is 0 Å². The Hall–Kier alpha value is -1.16. The largest absolute Gasteiger partial charge is 0.390 e. The van der Waals surface area contributed by atoms with Crippen LogP contribution in [-0.4, -0.2) is 26.7 Å². The molecule has 4 fully saturated rings. The minimum absolute atomic E-state index is 0.222. The van der Waals surface area contributed by atoms with Crippen LogP contribution in [-0.2, 0) is 0 Å². The van der Waals surface area contributed by atoms with Crippen LogP contribution >= 0.6 is 0 Å². The fraction of sp³-hybridized carbons (Fsp3) is 0.778. The third kappa shape index (κ3) is 2.32. The third-order valence-corrected chi connectivity index (χ3v) is 6.32. The lowest BCUT2D eigenvalue weighted by atomic mass is 9.46. The normalized spacial score (nSPS) is 40.7. The highest BCUT2D eigenvalue weighted by Crippen LogP contribution is 2.62. The summed E-state index contributed by atoms with van der Waals surface area (Å²) in [6.45, 7) is 6.29. The van der Waals surface area contributed by atoms with E-state index in [4.69, 9.17) is 0 Å². The molecule has 0 radical (unpaired) electrons. The maximum absolute atomic E-state index is 10.9. The molecule has 4 saturated carbocycles. The van der Waals surface area contributed by atoms with E-state index in [0.29, 0.717) is 6.04 Å². The van der Waals surface area contributed by atoms with Crippen LogP contribution in [0, 0.1) is 31.1 Å². The van der Waals surface area contributed by atoms with Crippen LogP contribution in [0.4, 0.5) is 5.95 Å². The van der Waals surface area contributed by atoms with Crippen molar-refractivity contribution >= 4 is 5.95 Å². The van der Waals surface area contributed by atoms with Gasteiger partial charge in [-0.25, -0.2) is 9.97 Å². The lowest BCUT2D eigenvalue weighted by molar-refractivity contribution is -0.167. The number of anilines is 1. The molecule has 1 aromatic heterocycles. The van der Waals surface area contributed by atoms with E-state index in [2.05, 4.69) is 22.2 Å². The SMILES string of the molecule is Cc1cc(C)nc(N[C@H](C)C23C[C@@H]4C[C@@H](CC(O)(C4)C2)C3)n1. The van der Waals surface area contributed by atoms with Crippen molar-refractivity contribution in [3.05, 3.63) is 17.5 Å². The third-order valence-electron chi connectivity index (χ3n) is 6.32. The summed E-state index contributed by atoms with van der Waals surface area (Å²) in [5.74, 6) is 2.18. The highest BCUT2D eigenvalue weighted by atomic mass is 16.3. The molecule has 0 saturated heterocycles. The molecule has 4 heteroatoms. The summed E-state index contributed by atoms with van der Waals surface area (Å²) in [6, 6.07) is 2.31. The molecule has 4 aliphatic carbocycles. The van der Waals surface area contributed by atoms with Crippen molar-refractivity contribution in [3.63, 3.8) is 0 Å². The Labute approximate surface area is 132 Å². The quantitative estimate of drug-likeness (QED) is 0.900. The first-order valence-electron chi connectivity index (χ1n) is 8.67. The van der Waals surface area contributed by atoms with Gasteiger partial charge < -0.3 is 10.4 Å². The Bertz CT molecular complexity index is 566. The molecule has 5 atom stereocenters. The summed E-state index contributed by atoms with van der Waals surface area (Å²) in [7, 11) is 0. The van der Waals surface area contributed by atoms with Crippen LogP contribution in [0.25, 0.3) is 0 Å². The van der Waals surface area contributed by atoms with Gasteiger partial charge in [0.1, 0.15) is 0 Å². The maximum atomic E-state index is 10.9. The highest BCUT2D eigenvalue weighted by Gasteiger charge is 2.58.